The molecule has 0 aromatic rings. The second-order valence-electron chi connectivity index (χ2n) is 4.37. The molecular formula is C12H18O2. The summed E-state index contributed by atoms with van der Waals surface area (Å²) >= 11 is 0. The number of rotatable bonds is 3. The van der Waals surface area contributed by atoms with Crippen molar-refractivity contribution in [2.75, 3.05) is 0 Å². The van der Waals surface area contributed by atoms with E-state index in [0.29, 0.717) is 18.3 Å². The third kappa shape index (κ3) is 2.77. The summed E-state index contributed by atoms with van der Waals surface area (Å²) in [5, 5.41) is 9.04. The molecule has 1 rings (SSSR count). The second kappa shape index (κ2) is 5.05. The molecule has 14 heavy (non-hydrogen) atoms. The van der Waals surface area contributed by atoms with Crippen molar-refractivity contribution in [2.45, 2.75) is 39.0 Å². The fraction of sp³-hybridized carbons (Fsp3) is 0.750. The van der Waals surface area contributed by atoms with E-state index in [0.717, 1.165) is 25.7 Å². The van der Waals surface area contributed by atoms with Crippen molar-refractivity contribution in [3.63, 3.8) is 0 Å². The Hall–Kier alpha value is -0.970. The molecule has 0 radical (unpaired) electrons. The van der Waals surface area contributed by atoms with Gasteiger partial charge in [0.15, 0.2) is 0 Å². The lowest BCUT2D eigenvalue weighted by atomic mass is 9.73. The summed E-state index contributed by atoms with van der Waals surface area (Å²) in [6.07, 6.45) is 9.68. The van der Waals surface area contributed by atoms with Gasteiger partial charge in [0.1, 0.15) is 0 Å². The summed E-state index contributed by atoms with van der Waals surface area (Å²) in [6, 6.07) is 0. The molecule has 0 aliphatic heterocycles. The molecule has 1 aliphatic carbocycles. The number of hydrogen-bond acceptors (Lipinski definition) is 1. The lowest BCUT2D eigenvalue weighted by Crippen LogP contribution is -2.29. The van der Waals surface area contributed by atoms with Crippen LogP contribution in [0.1, 0.15) is 39.0 Å². The van der Waals surface area contributed by atoms with Gasteiger partial charge in [0.05, 0.1) is 5.92 Å². The number of hydrogen-bond donors (Lipinski definition) is 1. The van der Waals surface area contributed by atoms with Crippen molar-refractivity contribution in [3.05, 3.63) is 0 Å². The van der Waals surface area contributed by atoms with Crippen LogP contribution in [0.25, 0.3) is 0 Å². The van der Waals surface area contributed by atoms with E-state index in [1.165, 1.54) is 0 Å². The van der Waals surface area contributed by atoms with Gasteiger partial charge in [-0.15, -0.1) is 12.3 Å². The van der Waals surface area contributed by atoms with Gasteiger partial charge in [-0.3, -0.25) is 4.79 Å². The summed E-state index contributed by atoms with van der Waals surface area (Å²) in [7, 11) is 0. The van der Waals surface area contributed by atoms with Gasteiger partial charge in [-0.05, 0) is 37.5 Å². The van der Waals surface area contributed by atoms with Crippen molar-refractivity contribution in [3.8, 4) is 12.3 Å². The highest BCUT2D eigenvalue weighted by atomic mass is 16.4. The van der Waals surface area contributed by atoms with Gasteiger partial charge in [-0.1, -0.05) is 6.92 Å². The maximum Gasteiger partial charge on any atom is 0.306 e. The first-order valence-electron chi connectivity index (χ1n) is 5.31. The van der Waals surface area contributed by atoms with E-state index in [1.54, 1.807) is 0 Å². The van der Waals surface area contributed by atoms with Crippen molar-refractivity contribution >= 4 is 5.97 Å². The molecule has 0 aromatic carbocycles. The first-order chi connectivity index (χ1) is 6.65. The summed E-state index contributed by atoms with van der Waals surface area (Å²) < 4.78 is 0. The number of terminal acetylenes is 1. The van der Waals surface area contributed by atoms with Crippen LogP contribution in [0.3, 0.4) is 0 Å². The predicted octanol–water partition coefficient (Wildman–Crippen LogP) is 2.54. The lowest BCUT2D eigenvalue weighted by molar-refractivity contribution is -0.145. The zero-order chi connectivity index (χ0) is 10.6. The maximum atomic E-state index is 11.0. The van der Waals surface area contributed by atoms with E-state index in [4.69, 9.17) is 11.5 Å². The Labute approximate surface area is 85.7 Å². The molecule has 3 atom stereocenters. The van der Waals surface area contributed by atoms with E-state index in [2.05, 4.69) is 12.8 Å². The van der Waals surface area contributed by atoms with Gasteiger partial charge in [-0.2, -0.15) is 0 Å². The molecule has 78 valence electrons. The minimum absolute atomic E-state index is 0.153. The van der Waals surface area contributed by atoms with E-state index in [-0.39, 0.29) is 5.92 Å². The van der Waals surface area contributed by atoms with Crippen LogP contribution < -0.4 is 0 Å². The smallest absolute Gasteiger partial charge is 0.306 e. The summed E-state index contributed by atoms with van der Waals surface area (Å²) in [4.78, 5) is 11.0. The van der Waals surface area contributed by atoms with Crippen LogP contribution in [-0.2, 0) is 4.79 Å². The lowest BCUT2D eigenvalue weighted by Gasteiger charge is -2.31. The zero-order valence-corrected chi connectivity index (χ0v) is 8.70. The van der Waals surface area contributed by atoms with Gasteiger partial charge in [0.25, 0.3) is 0 Å². The average molecular weight is 194 g/mol. The minimum Gasteiger partial charge on any atom is -0.481 e. The Kier molecular flexibility index (Phi) is 4.00. The number of carboxylic acids is 1. The third-order valence-electron chi connectivity index (χ3n) is 3.22. The summed E-state index contributed by atoms with van der Waals surface area (Å²) in [5.74, 6) is 2.76. The minimum atomic E-state index is -0.640. The molecule has 1 saturated carbocycles. The molecule has 2 heteroatoms. The van der Waals surface area contributed by atoms with Crippen LogP contribution in [0, 0.1) is 30.1 Å². The number of aliphatic carboxylic acids is 1. The molecule has 0 saturated heterocycles. The Balaban J connectivity index is 2.55. The van der Waals surface area contributed by atoms with Crippen molar-refractivity contribution < 1.29 is 9.90 Å². The van der Waals surface area contributed by atoms with Crippen LogP contribution in [0.5, 0.6) is 0 Å². The molecule has 1 N–H and O–H groups in total. The Bertz CT molecular complexity index is 239. The van der Waals surface area contributed by atoms with Crippen LogP contribution in [0.2, 0.25) is 0 Å². The predicted molar refractivity (Wildman–Crippen MR) is 55.7 cm³/mol. The molecule has 1 fully saturated rings. The Morgan fingerprint density at radius 1 is 1.57 bits per heavy atom. The fourth-order valence-electron chi connectivity index (χ4n) is 2.41. The largest absolute Gasteiger partial charge is 0.481 e. The van der Waals surface area contributed by atoms with Gasteiger partial charge >= 0.3 is 5.97 Å². The average Bonchev–Trinajstić information content (AvgIpc) is 2.14. The summed E-state index contributed by atoms with van der Waals surface area (Å²) in [6.45, 7) is 2.20. The van der Waals surface area contributed by atoms with E-state index >= 15 is 0 Å². The first kappa shape index (κ1) is 11.1. The van der Waals surface area contributed by atoms with Gasteiger partial charge in [0.2, 0.25) is 0 Å². The molecule has 0 amide bonds. The normalized spacial score (nSPS) is 32.1. The van der Waals surface area contributed by atoms with Gasteiger partial charge < -0.3 is 5.11 Å². The monoisotopic (exact) mass is 194 g/mol. The van der Waals surface area contributed by atoms with Crippen LogP contribution in [0.4, 0.5) is 0 Å². The molecular weight excluding hydrogens is 176 g/mol. The maximum absolute atomic E-state index is 11.0. The highest BCUT2D eigenvalue weighted by molar-refractivity contribution is 5.70. The van der Waals surface area contributed by atoms with Crippen LogP contribution >= 0.6 is 0 Å². The van der Waals surface area contributed by atoms with Crippen molar-refractivity contribution in [1.29, 1.82) is 0 Å². The molecule has 0 bridgehead atoms. The van der Waals surface area contributed by atoms with E-state index in [1.807, 2.05) is 0 Å². The van der Waals surface area contributed by atoms with Gasteiger partial charge in [-0.25, -0.2) is 0 Å². The molecule has 2 nitrogen and oxygen atoms in total. The quantitative estimate of drug-likeness (QED) is 0.701. The highest BCUT2D eigenvalue weighted by Gasteiger charge is 2.32. The first-order valence-corrected chi connectivity index (χ1v) is 5.31. The molecule has 0 heterocycles. The molecule has 0 aromatic heterocycles. The number of carbonyl (C=O) groups is 1. The number of carboxylic acid groups (broad SMARTS) is 1. The molecule has 1 aliphatic rings. The summed E-state index contributed by atoms with van der Waals surface area (Å²) in [5.41, 5.74) is 0. The third-order valence-corrected chi connectivity index (χ3v) is 3.22. The SMILES string of the molecule is C#CCCC1CC(C)CCC1C(=O)O. The highest BCUT2D eigenvalue weighted by Crippen LogP contribution is 2.36. The standard InChI is InChI=1S/C12H18O2/c1-3-4-5-10-8-9(2)6-7-11(10)12(13)14/h1,9-11H,4-8H2,2H3,(H,13,14). The van der Waals surface area contributed by atoms with Crippen LogP contribution in [0.15, 0.2) is 0 Å². The molecule has 3 unspecified atom stereocenters. The Morgan fingerprint density at radius 2 is 2.29 bits per heavy atom. The van der Waals surface area contributed by atoms with Gasteiger partial charge in [0, 0.05) is 6.42 Å². The van der Waals surface area contributed by atoms with Crippen molar-refractivity contribution in [1.82, 2.24) is 0 Å². The van der Waals surface area contributed by atoms with Crippen molar-refractivity contribution in [2.24, 2.45) is 17.8 Å². The van der Waals surface area contributed by atoms with E-state index < -0.39 is 5.97 Å². The fourth-order valence-corrected chi connectivity index (χ4v) is 2.41. The van der Waals surface area contributed by atoms with Crippen LogP contribution in [-0.4, -0.2) is 11.1 Å². The molecule has 0 spiro atoms. The van der Waals surface area contributed by atoms with E-state index in [9.17, 15) is 4.79 Å². The zero-order valence-electron chi connectivity index (χ0n) is 8.70. The Morgan fingerprint density at radius 3 is 2.86 bits per heavy atom. The second-order valence-corrected chi connectivity index (χ2v) is 4.37. The topological polar surface area (TPSA) is 37.3 Å².